The van der Waals surface area contributed by atoms with Gasteiger partial charge in [-0.15, -0.1) is 0 Å². The lowest BCUT2D eigenvalue weighted by atomic mass is 9.95. The molecule has 86 valence electrons. The standard InChI is InChI=1S/C13H17NO2/c1-3-16-12-8-4-7-11(13(12)15)10(2)6-5-9-14/h4,7-8,10,15H,3,5-6H2,1-2H3. The fraction of sp³-hybridized carbons (Fsp3) is 0.462. The third kappa shape index (κ3) is 2.90. The van der Waals surface area contributed by atoms with Crippen LogP contribution in [0, 0.1) is 11.3 Å². The van der Waals surface area contributed by atoms with Gasteiger partial charge in [0.05, 0.1) is 12.7 Å². The molecular weight excluding hydrogens is 202 g/mol. The Labute approximate surface area is 96.3 Å². The van der Waals surface area contributed by atoms with E-state index in [1.165, 1.54) is 0 Å². The maximum atomic E-state index is 9.98. The van der Waals surface area contributed by atoms with Gasteiger partial charge in [-0.2, -0.15) is 5.26 Å². The Hall–Kier alpha value is -1.69. The lowest BCUT2D eigenvalue weighted by molar-refractivity contribution is 0.315. The summed E-state index contributed by atoms with van der Waals surface area (Å²) in [4.78, 5) is 0. The quantitative estimate of drug-likeness (QED) is 0.827. The van der Waals surface area contributed by atoms with Gasteiger partial charge in [-0.1, -0.05) is 19.1 Å². The van der Waals surface area contributed by atoms with Crippen molar-refractivity contribution in [2.24, 2.45) is 0 Å². The predicted octanol–water partition coefficient (Wildman–Crippen LogP) is 3.20. The molecule has 0 spiro atoms. The second kappa shape index (κ2) is 6.02. The number of nitrogens with zero attached hydrogens (tertiary/aromatic N) is 1. The largest absolute Gasteiger partial charge is 0.504 e. The van der Waals surface area contributed by atoms with Crippen molar-refractivity contribution >= 4 is 0 Å². The number of rotatable bonds is 5. The van der Waals surface area contributed by atoms with Gasteiger partial charge in [0, 0.05) is 12.0 Å². The number of hydrogen-bond acceptors (Lipinski definition) is 3. The van der Waals surface area contributed by atoms with Crippen molar-refractivity contribution in [2.45, 2.75) is 32.6 Å². The van der Waals surface area contributed by atoms with E-state index >= 15 is 0 Å². The smallest absolute Gasteiger partial charge is 0.161 e. The molecular formula is C13H17NO2. The first-order valence-corrected chi connectivity index (χ1v) is 5.52. The highest BCUT2D eigenvalue weighted by atomic mass is 16.5. The van der Waals surface area contributed by atoms with Crippen molar-refractivity contribution in [2.75, 3.05) is 6.61 Å². The minimum Gasteiger partial charge on any atom is -0.504 e. The van der Waals surface area contributed by atoms with E-state index in [-0.39, 0.29) is 11.7 Å². The zero-order chi connectivity index (χ0) is 12.0. The number of phenols is 1. The van der Waals surface area contributed by atoms with Crippen molar-refractivity contribution in [3.8, 4) is 17.6 Å². The number of benzene rings is 1. The zero-order valence-corrected chi connectivity index (χ0v) is 9.73. The van der Waals surface area contributed by atoms with E-state index in [1.54, 1.807) is 6.07 Å². The molecule has 0 aromatic heterocycles. The van der Waals surface area contributed by atoms with Crippen LogP contribution in [0.4, 0.5) is 0 Å². The van der Waals surface area contributed by atoms with Crippen LogP contribution in [0.1, 0.15) is 38.2 Å². The van der Waals surface area contributed by atoms with E-state index in [4.69, 9.17) is 10.00 Å². The van der Waals surface area contributed by atoms with E-state index in [1.807, 2.05) is 26.0 Å². The molecule has 0 bridgehead atoms. The number of para-hydroxylation sites is 1. The Kier molecular flexibility index (Phi) is 4.65. The molecule has 3 heteroatoms. The van der Waals surface area contributed by atoms with Crippen molar-refractivity contribution in [1.29, 1.82) is 5.26 Å². The summed E-state index contributed by atoms with van der Waals surface area (Å²) < 4.78 is 5.32. The summed E-state index contributed by atoms with van der Waals surface area (Å²) in [6.07, 6.45) is 1.25. The second-order valence-corrected chi connectivity index (χ2v) is 3.72. The topological polar surface area (TPSA) is 53.2 Å². The van der Waals surface area contributed by atoms with Crippen molar-refractivity contribution in [1.82, 2.24) is 0 Å². The van der Waals surface area contributed by atoms with Crippen molar-refractivity contribution in [3.63, 3.8) is 0 Å². The minimum atomic E-state index is 0.167. The maximum absolute atomic E-state index is 9.98. The number of phenolic OH excluding ortho intramolecular Hbond substituents is 1. The van der Waals surface area contributed by atoms with Gasteiger partial charge < -0.3 is 9.84 Å². The fourth-order valence-electron chi connectivity index (χ4n) is 1.65. The van der Waals surface area contributed by atoms with Gasteiger partial charge in [0.1, 0.15) is 0 Å². The Morgan fingerprint density at radius 1 is 1.50 bits per heavy atom. The lowest BCUT2D eigenvalue weighted by Crippen LogP contribution is -1.97. The molecule has 1 N–H and O–H groups in total. The van der Waals surface area contributed by atoms with Crippen LogP contribution in [0.2, 0.25) is 0 Å². The Morgan fingerprint density at radius 2 is 2.25 bits per heavy atom. The van der Waals surface area contributed by atoms with Gasteiger partial charge in [-0.05, 0) is 25.3 Å². The molecule has 16 heavy (non-hydrogen) atoms. The normalized spacial score (nSPS) is 11.8. The fourth-order valence-corrected chi connectivity index (χ4v) is 1.65. The average Bonchev–Trinajstić information content (AvgIpc) is 2.29. The van der Waals surface area contributed by atoms with Crippen molar-refractivity contribution in [3.05, 3.63) is 23.8 Å². The van der Waals surface area contributed by atoms with Crippen LogP contribution in [0.3, 0.4) is 0 Å². The number of hydrogen-bond donors (Lipinski definition) is 1. The molecule has 0 saturated heterocycles. The third-order valence-electron chi connectivity index (χ3n) is 2.55. The second-order valence-electron chi connectivity index (χ2n) is 3.72. The molecule has 0 radical (unpaired) electrons. The van der Waals surface area contributed by atoms with Gasteiger partial charge in [0.15, 0.2) is 11.5 Å². The van der Waals surface area contributed by atoms with E-state index in [0.717, 1.165) is 12.0 Å². The minimum absolute atomic E-state index is 0.167. The highest BCUT2D eigenvalue weighted by Gasteiger charge is 2.13. The van der Waals surface area contributed by atoms with Crippen LogP contribution in [-0.4, -0.2) is 11.7 Å². The summed E-state index contributed by atoms with van der Waals surface area (Å²) in [6.45, 7) is 4.41. The average molecular weight is 219 g/mol. The van der Waals surface area contributed by atoms with Crippen LogP contribution in [0.5, 0.6) is 11.5 Å². The molecule has 1 aromatic rings. The molecule has 3 nitrogen and oxygen atoms in total. The molecule has 1 aromatic carbocycles. The van der Waals surface area contributed by atoms with Crippen LogP contribution in [0.15, 0.2) is 18.2 Å². The maximum Gasteiger partial charge on any atom is 0.161 e. The molecule has 0 fully saturated rings. The van der Waals surface area contributed by atoms with E-state index in [0.29, 0.717) is 18.8 Å². The number of aromatic hydroxyl groups is 1. The Bertz CT molecular complexity index is 382. The van der Waals surface area contributed by atoms with Gasteiger partial charge >= 0.3 is 0 Å². The predicted molar refractivity (Wildman–Crippen MR) is 62.5 cm³/mol. The van der Waals surface area contributed by atoms with Crippen LogP contribution in [0.25, 0.3) is 0 Å². The summed E-state index contributed by atoms with van der Waals surface area (Å²) in [6, 6.07) is 7.60. The van der Waals surface area contributed by atoms with Crippen LogP contribution in [-0.2, 0) is 0 Å². The molecule has 0 aliphatic carbocycles. The summed E-state index contributed by atoms with van der Waals surface area (Å²) >= 11 is 0. The molecule has 0 heterocycles. The molecule has 0 amide bonds. The molecule has 0 aliphatic rings. The van der Waals surface area contributed by atoms with Gasteiger partial charge in [-0.3, -0.25) is 0 Å². The molecule has 0 aliphatic heterocycles. The van der Waals surface area contributed by atoms with E-state index in [9.17, 15) is 5.11 Å². The molecule has 1 atom stereocenters. The molecule has 0 saturated carbocycles. The lowest BCUT2D eigenvalue weighted by Gasteiger charge is -2.14. The van der Waals surface area contributed by atoms with E-state index in [2.05, 4.69) is 6.07 Å². The van der Waals surface area contributed by atoms with Crippen LogP contribution < -0.4 is 4.74 Å². The van der Waals surface area contributed by atoms with Gasteiger partial charge in [-0.25, -0.2) is 0 Å². The summed E-state index contributed by atoms with van der Waals surface area (Å²) in [5.74, 6) is 0.888. The number of nitriles is 1. The highest BCUT2D eigenvalue weighted by molar-refractivity contribution is 5.46. The van der Waals surface area contributed by atoms with Crippen molar-refractivity contribution < 1.29 is 9.84 Å². The Balaban J connectivity index is 2.87. The molecule has 1 unspecified atom stereocenters. The Morgan fingerprint density at radius 3 is 2.88 bits per heavy atom. The first kappa shape index (κ1) is 12.4. The summed E-state index contributed by atoms with van der Waals surface area (Å²) in [5.41, 5.74) is 0.848. The molecule has 1 rings (SSSR count). The number of ether oxygens (including phenoxy) is 1. The zero-order valence-electron chi connectivity index (χ0n) is 9.73. The third-order valence-corrected chi connectivity index (χ3v) is 2.55. The summed E-state index contributed by atoms with van der Waals surface area (Å²) in [7, 11) is 0. The van der Waals surface area contributed by atoms with Gasteiger partial charge in [0.2, 0.25) is 0 Å². The highest BCUT2D eigenvalue weighted by Crippen LogP contribution is 2.36. The first-order valence-electron chi connectivity index (χ1n) is 5.52. The monoisotopic (exact) mass is 219 g/mol. The van der Waals surface area contributed by atoms with Crippen LogP contribution >= 0.6 is 0 Å². The van der Waals surface area contributed by atoms with E-state index < -0.39 is 0 Å². The van der Waals surface area contributed by atoms with Gasteiger partial charge in [0.25, 0.3) is 0 Å². The summed E-state index contributed by atoms with van der Waals surface area (Å²) in [5, 5.41) is 18.5. The SMILES string of the molecule is CCOc1cccc(C(C)CCC#N)c1O. The first-order chi connectivity index (χ1) is 7.70.